The largest absolute Gasteiger partial charge is 0.473 e. The Kier molecular flexibility index (Phi) is 24.0. The van der Waals surface area contributed by atoms with Crippen LogP contribution in [-0.2, 0) is 9.59 Å². The van der Waals surface area contributed by atoms with E-state index in [9.17, 15) is 0 Å². The van der Waals surface area contributed by atoms with Crippen LogP contribution in [0.4, 0.5) is 0 Å². The molecule has 3 N–H and O–H groups in total. The minimum Gasteiger partial charge on any atom is -0.473 e. The van der Waals surface area contributed by atoms with Crippen molar-refractivity contribution in [3.63, 3.8) is 0 Å². The normalized spacial score (nSPS) is 10.2. The Bertz CT molecular complexity index is 259. The Labute approximate surface area is 154 Å². The molecule has 152 valence electrons. The number of aliphatic hydroxyl groups excluding tert-OH is 1. The number of carboxylic acid groups (broad SMARTS) is 2. The molecule has 0 saturated heterocycles. The first-order valence-electron chi connectivity index (χ1n) is 9.65. The fourth-order valence-corrected chi connectivity index (χ4v) is 2.64. The molecule has 0 fully saturated rings. The highest BCUT2D eigenvalue weighted by Crippen LogP contribution is 2.16. The van der Waals surface area contributed by atoms with Crippen molar-refractivity contribution in [1.82, 2.24) is 0 Å². The van der Waals surface area contributed by atoms with Gasteiger partial charge in [-0.15, -0.1) is 0 Å². The number of aliphatic hydroxyl groups is 1. The van der Waals surface area contributed by atoms with E-state index in [0.717, 1.165) is 7.11 Å². The molecule has 0 aromatic rings. The van der Waals surface area contributed by atoms with Crippen LogP contribution in [-0.4, -0.2) is 65.0 Å². The third-order valence-electron chi connectivity index (χ3n) is 4.13. The van der Waals surface area contributed by atoms with Gasteiger partial charge in [-0.3, -0.25) is 0 Å². The number of nitrogens with zero attached hydrogens (tertiary/aromatic N) is 1. The Morgan fingerprint density at radius 3 is 0.920 bits per heavy atom. The van der Waals surface area contributed by atoms with E-state index in [-0.39, 0.29) is 0 Å². The van der Waals surface area contributed by atoms with Gasteiger partial charge in [0.05, 0.1) is 26.2 Å². The molecule has 25 heavy (non-hydrogen) atoms. The van der Waals surface area contributed by atoms with Crippen molar-refractivity contribution in [3.8, 4) is 0 Å². The van der Waals surface area contributed by atoms with Crippen LogP contribution >= 0.6 is 0 Å². The molecule has 6 nitrogen and oxygen atoms in total. The van der Waals surface area contributed by atoms with Gasteiger partial charge in [0.2, 0.25) is 0 Å². The van der Waals surface area contributed by atoms with Crippen LogP contribution in [0.1, 0.15) is 79.1 Å². The van der Waals surface area contributed by atoms with Gasteiger partial charge in [-0.1, -0.05) is 53.4 Å². The maximum absolute atomic E-state index is 9.10. The Balaban J connectivity index is -0.000000507. The van der Waals surface area contributed by atoms with Crippen LogP contribution in [0.5, 0.6) is 0 Å². The van der Waals surface area contributed by atoms with Gasteiger partial charge in [0.25, 0.3) is 0 Å². The quantitative estimate of drug-likeness (QED) is 0.362. The first-order chi connectivity index (χ1) is 11.9. The molecule has 0 spiro atoms. The van der Waals surface area contributed by atoms with E-state index in [1.807, 2.05) is 0 Å². The first kappa shape index (κ1) is 28.7. The van der Waals surface area contributed by atoms with Crippen LogP contribution in [0.25, 0.3) is 0 Å². The lowest BCUT2D eigenvalue weighted by Crippen LogP contribution is -2.50. The van der Waals surface area contributed by atoms with Crippen molar-refractivity contribution in [1.29, 1.82) is 0 Å². The molecule has 0 bridgehead atoms. The van der Waals surface area contributed by atoms with Crippen molar-refractivity contribution < 1.29 is 29.4 Å². The zero-order valence-electron chi connectivity index (χ0n) is 17.1. The summed E-state index contributed by atoms with van der Waals surface area (Å²) in [5, 5.41) is 21.8. The molecule has 0 aliphatic heterocycles. The summed E-state index contributed by atoms with van der Waals surface area (Å²) in [5.74, 6) is -3.65. The summed E-state index contributed by atoms with van der Waals surface area (Å²) in [4.78, 5) is 18.2. The molecule has 0 amide bonds. The van der Waals surface area contributed by atoms with Crippen LogP contribution in [0.15, 0.2) is 0 Å². The van der Waals surface area contributed by atoms with Crippen LogP contribution < -0.4 is 0 Å². The van der Waals surface area contributed by atoms with E-state index in [2.05, 4.69) is 27.7 Å². The second kappa shape index (κ2) is 20.9. The van der Waals surface area contributed by atoms with E-state index < -0.39 is 11.9 Å². The fourth-order valence-electron chi connectivity index (χ4n) is 2.64. The van der Waals surface area contributed by atoms with Gasteiger partial charge < -0.3 is 19.8 Å². The maximum Gasteiger partial charge on any atom is 0.414 e. The lowest BCUT2D eigenvalue weighted by atomic mass is 10.1. The summed E-state index contributed by atoms with van der Waals surface area (Å²) in [7, 11) is 1.00. The van der Waals surface area contributed by atoms with E-state index in [4.69, 9.17) is 24.9 Å². The van der Waals surface area contributed by atoms with Crippen molar-refractivity contribution >= 4 is 11.9 Å². The van der Waals surface area contributed by atoms with Crippen LogP contribution in [0, 0.1) is 0 Å². The van der Waals surface area contributed by atoms with E-state index >= 15 is 0 Å². The third kappa shape index (κ3) is 19.0. The van der Waals surface area contributed by atoms with Crippen molar-refractivity contribution in [2.45, 2.75) is 79.1 Å². The highest BCUT2D eigenvalue weighted by molar-refractivity contribution is 6.27. The number of aliphatic carboxylic acids is 2. The summed E-state index contributed by atoms with van der Waals surface area (Å²) in [5.41, 5.74) is 0. The number of rotatable bonds is 12. The molecule has 0 aliphatic rings. The monoisotopic (exact) mass is 364 g/mol. The standard InChI is InChI=1S/C16H36N.C2H2O4.CH4O/c1-5-9-13-17(14-10-6-2,15-11-7-3)16-12-8-4;3-1(4)2(5)6;1-2/h5-16H2,1-4H3;(H,3,4)(H,5,6);2H,1H3/q+1;;. The van der Waals surface area contributed by atoms with Gasteiger partial charge in [0.15, 0.2) is 0 Å². The van der Waals surface area contributed by atoms with Crippen molar-refractivity contribution in [2.24, 2.45) is 0 Å². The molecule has 0 aromatic heterocycles. The molecular weight excluding hydrogens is 322 g/mol. The Morgan fingerprint density at radius 1 is 0.600 bits per heavy atom. The van der Waals surface area contributed by atoms with Gasteiger partial charge in [0.1, 0.15) is 0 Å². The highest BCUT2D eigenvalue weighted by Gasteiger charge is 2.24. The topological polar surface area (TPSA) is 94.8 Å². The number of quaternary nitrogens is 1. The number of carboxylic acids is 2. The average Bonchev–Trinajstić information content (AvgIpc) is 2.62. The lowest BCUT2D eigenvalue weighted by Gasteiger charge is -2.39. The summed E-state index contributed by atoms with van der Waals surface area (Å²) < 4.78 is 1.42. The van der Waals surface area contributed by atoms with Gasteiger partial charge in [-0.05, 0) is 25.7 Å². The molecule has 0 aliphatic carbocycles. The van der Waals surface area contributed by atoms with Gasteiger partial charge in [-0.25, -0.2) is 9.59 Å². The number of hydrogen-bond acceptors (Lipinski definition) is 3. The summed E-state index contributed by atoms with van der Waals surface area (Å²) in [6, 6.07) is 0. The van der Waals surface area contributed by atoms with E-state index in [1.54, 1.807) is 0 Å². The predicted octanol–water partition coefficient (Wildman–Crippen LogP) is 3.77. The molecule has 0 heterocycles. The zero-order valence-corrected chi connectivity index (χ0v) is 17.1. The van der Waals surface area contributed by atoms with Gasteiger partial charge in [-0.2, -0.15) is 0 Å². The highest BCUT2D eigenvalue weighted by atomic mass is 16.4. The molecule has 0 unspecified atom stereocenters. The second-order valence-electron chi connectivity index (χ2n) is 6.26. The first-order valence-corrected chi connectivity index (χ1v) is 9.65. The smallest absolute Gasteiger partial charge is 0.414 e. The Hall–Kier alpha value is -1.14. The SMILES string of the molecule is CCCC[N+](CCCC)(CCCC)CCCC.CO.O=C(O)C(=O)O. The minimum atomic E-state index is -1.82. The second-order valence-corrected chi connectivity index (χ2v) is 6.26. The third-order valence-corrected chi connectivity index (χ3v) is 4.13. The maximum atomic E-state index is 9.10. The molecule has 0 rings (SSSR count). The average molecular weight is 365 g/mol. The summed E-state index contributed by atoms with van der Waals surface area (Å²) >= 11 is 0. The number of unbranched alkanes of at least 4 members (excludes halogenated alkanes) is 4. The summed E-state index contributed by atoms with van der Waals surface area (Å²) in [6.07, 6.45) is 11.1. The van der Waals surface area contributed by atoms with Crippen LogP contribution in [0.2, 0.25) is 0 Å². The molecular formula is C19H42NO5+. The summed E-state index contributed by atoms with van der Waals surface area (Å²) in [6.45, 7) is 15.0. The van der Waals surface area contributed by atoms with Crippen molar-refractivity contribution in [2.75, 3.05) is 33.3 Å². The zero-order chi connectivity index (χ0) is 20.1. The Morgan fingerprint density at radius 2 is 0.800 bits per heavy atom. The fraction of sp³-hybridized carbons (Fsp3) is 0.895. The molecule has 6 heteroatoms. The lowest BCUT2D eigenvalue weighted by molar-refractivity contribution is -0.929. The van der Waals surface area contributed by atoms with Crippen LogP contribution in [0.3, 0.4) is 0 Å². The molecule has 0 saturated carbocycles. The van der Waals surface area contributed by atoms with Gasteiger partial charge in [0, 0.05) is 7.11 Å². The van der Waals surface area contributed by atoms with Crippen molar-refractivity contribution in [3.05, 3.63) is 0 Å². The van der Waals surface area contributed by atoms with Gasteiger partial charge >= 0.3 is 11.9 Å². The molecule has 0 radical (unpaired) electrons. The number of carbonyl (C=O) groups is 2. The predicted molar refractivity (Wildman–Crippen MR) is 103 cm³/mol. The number of hydrogen-bond donors (Lipinski definition) is 3. The van der Waals surface area contributed by atoms with E-state index in [0.29, 0.717) is 0 Å². The molecule has 0 aromatic carbocycles. The van der Waals surface area contributed by atoms with E-state index in [1.165, 1.54) is 82.0 Å². The minimum absolute atomic E-state index is 1.00. The molecule has 0 atom stereocenters.